The van der Waals surface area contributed by atoms with Gasteiger partial charge in [0.25, 0.3) is 0 Å². The van der Waals surface area contributed by atoms with Crippen LogP contribution >= 0.6 is 0 Å². The number of aliphatic hydroxyl groups is 1. The minimum atomic E-state index is -0.694. The van der Waals surface area contributed by atoms with Gasteiger partial charge in [0.2, 0.25) is 0 Å². The molecule has 1 aromatic carbocycles. The molecular weight excluding hydrogens is 194 g/mol. The van der Waals surface area contributed by atoms with E-state index < -0.39 is 6.10 Å². The van der Waals surface area contributed by atoms with Gasteiger partial charge >= 0.3 is 0 Å². The van der Waals surface area contributed by atoms with Gasteiger partial charge in [-0.25, -0.2) is 0 Å². The van der Waals surface area contributed by atoms with Crippen LogP contribution in [0.2, 0.25) is 0 Å². The number of rotatable bonds is 3. The summed E-state index contributed by atoms with van der Waals surface area (Å²) in [5, 5.41) is 19.5. The number of aliphatic hydroxyl groups excluding tert-OH is 1. The molecule has 0 spiro atoms. The van der Waals surface area contributed by atoms with Crippen molar-refractivity contribution < 1.29 is 14.9 Å². The van der Waals surface area contributed by atoms with Crippen LogP contribution in [0, 0.1) is 0 Å². The first-order chi connectivity index (χ1) is 7.22. The number of fused-ring (bicyclic) bond motifs is 1. The van der Waals surface area contributed by atoms with Crippen LogP contribution in [0.5, 0.6) is 5.75 Å². The second kappa shape index (κ2) is 4.18. The van der Waals surface area contributed by atoms with E-state index in [9.17, 15) is 10.2 Å². The molecule has 82 valence electrons. The summed E-state index contributed by atoms with van der Waals surface area (Å²) in [7, 11) is 0. The van der Waals surface area contributed by atoms with Gasteiger partial charge in [-0.3, -0.25) is 0 Å². The molecular formula is C11H15NO3. The lowest BCUT2D eigenvalue weighted by atomic mass is 10.00. The number of benzene rings is 1. The van der Waals surface area contributed by atoms with Crippen LogP contribution in [0.15, 0.2) is 12.1 Å². The molecule has 4 N–H and O–H groups in total. The lowest BCUT2D eigenvalue weighted by molar-refractivity contribution is 0.134. The van der Waals surface area contributed by atoms with E-state index in [1.807, 2.05) is 0 Å². The lowest BCUT2D eigenvalue weighted by Gasteiger charge is -2.13. The monoisotopic (exact) mass is 209 g/mol. The minimum Gasteiger partial charge on any atom is -0.508 e. The summed E-state index contributed by atoms with van der Waals surface area (Å²) in [5.41, 5.74) is 7.95. The highest BCUT2D eigenvalue weighted by molar-refractivity contribution is 5.43. The third-order valence-corrected chi connectivity index (χ3v) is 2.66. The Kier molecular flexibility index (Phi) is 2.90. The molecule has 4 nitrogen and oxygen atoms in total. The summed E-state index contributed by atoms with van der Waals surface area (Å²) in [5.74, 6) is 0.125. The van der Waals surface area contributed by atoms with Crippen LogP contribution in [0.1, 0.15) is 29.2 Å². The zero-order chi connectivity index (χ0) is 10.8. The number of phenolic OH excluding ortho intramolecular Hbond substituents is 1. The first kappa shape index (κ1) is 10.4. The molecule has 0 fully saturated rings. The Morgan fingerprint density at radius 2 is 2.00 bits per heavy atom. The second-order valence-corrected chi connectivity index (χ2v) is 3.77. The van der Waals surface area contributed by atoms with E-state index in [2.05, 4.69) is 0 Å². The van der Waals surface area contributed by atoms with Crippen molar-refractivity contribution in [2.45, 2.75) is 25.7 Å². The Hall–Kier alpha value is -1.10. The molecule has 0 amide bonds. The van der Waals surface area contributed by atoms with Crippen molar-refractivity contribution in [1.29, 1.82) is 0 Å². The third-order valence-electron chi connectivity index (χ3n) is 2.66. The molecule has 0 radical (unpaired) electrons. The van der Waals surface area contributed by atoms with Gasteiger partial charge in [-0.05, 0) is 36.2 Å². The molecule has 4 heteroatoms. The molecule has 0 saturated carbocycles. The molecule has 1 atom stereocenters. The maximum Gasteiger partial charge on any atom is 0.121 e. The van der Waals surface area contributed by atoms with E-state index in [1.54, 1.807) is 12.1 Å². The molecule has 1 aromatic rings. The van der Waals surface area contributed by atoms with Crippen LogP contribution in [-0.2, 0) is 18.0 Å². The van der Waals surface area contributed by atoms with Gasteiger partial charge in [-0.2, -0.15) is 0 Å². The Morgan fingerprint density at radius 1 is 1.33 bits per heavy atom. The smallest absolute Gasteiger partial charge is 0.121 e. The van der Waals surface area contributed by atoms with Crippen molar-refractivity contribution in [2.24, 2.45) is 5.73 Å². The summed E-state index contributed by atoms with van der Waals surface area (Å²) in [6, 6.07) is 3.47. The Bertz CT molecular complexity index is 365. The van der Waals surface area contributed by atoms with E-state index >= 15 is 0 Å². The SMILES string of the molecule is NCCC(O)c1cc2c(cc1O)COC2. The van der Waals surface area contributed by atoms with E-state index in [1.165, 1.54) is 0 Å². The fourth-order valence-corrected chi connectivity index (χ4v) is 1.82. The quantitative estimate of drug-likeness (QED) is 0.688. The van der Waals surface area contributed by atoms with Gasteiger partial charge in [0.15, 0.2) is 0 Å². The van der Waals surface area contributed by atoms with E-state index in [-0.39, 0.29) is 5.75 Å². The number of hydrogen-bond acceptors (Lipinski definition) is 4. The van der Waals surface area contributed by atoms with Crippen LogP contribution in [0.4, 0.5) is 0 Å². The first-order valence-corrected chi connectivity index (χ1v) is 5.03. The summed E-state index contributed by atoms with van der Waals surface area (Å²) in [4.78, 5) is 0. The van der Waals surface area contributed by atoms with Gasteiger partial charge in [0.1, 0.15) is 5.75 Å². The van der Waals surface area contributed by atoms with Crippen molar-refractivity contribution in [1.82, 2.24) is 0 Å². The van der Waals surface area contributed by atoms with Crippen molar-refractivity contribution in [3.8, 4) is 5.75 Å². The molecule has 0 bridgehead atoms. The van der Waals surface area contributed by atoms with E-state index in [4.69, 9.17) is 10.5 Å². The van der Waals surface area contributed by atoms with E-state index in [0.717, 1.165) is 11.1 Å². The molecule has 1 unspecified atom stereocenters. The van der Waals surface area contributed by atoms with Crippen LogP contribution in [0.3, 0.4) is 0 Å². The highest BCUT2D eigenvalue weighted by atomic mass is 16.5. The van der Waals surface area contributed by atoms with Crippen molar-refractivity contribution >= 4 is 0 Å². The minimum absolute atomic E-state index is 0.125. The molecule has 1 aliphatic heterocycles. The Labute approximate surface area is 88.3 Å². The number of phenols is 1. The third kappa shape index (κ3) is 1.97. The van der Waals surface area contributed by atoms with Gasteiger partial charge in [-0.15, -0.1) is 0 Å². The summed E-state index contributed by atoms with van der Waals surface area (Å²) in [6.45, 7) is 1.49. The molecule has 2 rings (SSSR count). The molecule has 1 aliphatic rings. The van der Waals surface area contributed by atoms with Crippen LogP contribution in [0.25, 0.3) is 0 Å². The molecule has 0 saturated heterocycles. The standard InChI is InChI=1S/C11H15NO3/c12-2-1-10(13)9-3-7-5-15-6-8(7)4-11(9)14/h3-4,10,13-14H,1-2,5-6,12H2. The van der Waals surface area contributed by atoms with E-state index in [0.29, 0.717) is 31.7 Å². The second-order valence-electron chi connectivity index (χ2n) is 3.77. The number of ether oxygens (including phenoxy) is 1. The molecule has 0 aliphatic carbocycles. The van der Waals surface area contributed by atoms with Gasteiger partial charge in [0, 0.05) is 5.56 Å². The fraction of sp³-hybridized carbons (Fsp3) is 0.455. The van der Waals surface area contributed by atoms with Crippen LogP contribution in [-0.4, -0.2) is 16.8 Å². The zero-order valence-corrected chi connectivity index (χ0v) is 8.44. The molecule has 0 aromatic heterocycles. The maximum absolute atomic E-state index is 9.75. The zero-order valence-electron chi connectivity index (χ0n) is 8.44. The fourth-order valence-electron chi connectivity index (χ4n) is 1.82. The maximum atomic E-state index is 9.75. The Balaban J connectivity index is 2.31. The van der Waals surface area contributed by atoms with Gasteiger partial charge in [-0.1, -0.05) is 0 Å². The summed E-state index contributed by atoms with van der Waals surface area (Å²) in [6.07, 6.45) is -0.242. The van der Waals surface area contributed by atoms with Crippen molar-refractivity contribution in [2.75, 3.05) is 6.54 Å². The average Bonchev–Trinajstić information content (AvgIpc) is 2.63. The number of hydrogen-bond donors (Lipinski definition) is 3. The predicted octanol–water partition coefficient (Wildman–Crippen LogP) is 0.805. The average molecular weight is 209 g/mol. The van der Waals surface area contributed by atoms with Crippen molar-refractivity contribution in [3.05, 3.63) is 28.8 Å². The number of aromatic hydroxyl groups is 1. The molecule has 15 heavy (non-hydrogen) atoms. The molecule has 1 heterocycles. The predicted molar refractivity (Wildman–Crippen MR) is 55.2 cm³/mol. The Morgan fingerprint density at radius 3 is 2.67 bits per heavy atom. The highest BCUT2D eigenvalue weighted by Gasteiger charge is 2.18. The van der Waals surface area contributed by atoms with Gasteiger partial charge < -0.3 is 20.7 Å². The first-order valence-electron chi connectivity index (χ1n) is 5.03. The normalized spacial score (nSPS) is 16.4. The van der Waals surface area contributed by atoms with Gasteiger partial charge in [0.05, 0.1) is 19.3 Å². The summed E-state index contributed by atoms with van der Waals surface area (Å²) >= 11 is 0. The highest BCUT2D eigenvalue weighted by Crippen LogP contribution is 2.32. The summed E-state index contributed by atoms with van der Waals surface area (Å²) < 4.78 is 5.25. The van der Waals surface area contributed by atoms with Crippen LogP contribution < -0.4 is 5.73 Å². The number of nitrogens with two attached hydrogens (primary N) is 1. The van der Waals surface area contributed by atoms with Crippen molar-refractivity contribution in [3.63, 3.8) is 0 Å². The largest absolute Gasteiger partial charge is 0.508 e. The lowest BCUT2D eigenvalue weighted by Crippen LogP contribution is -2.07. The topological polar surface area (TPSA) is 75.7 Å².